The van der Waals surface area contributed by atoms with E-state index < -0.39 is 19.6 Å². The number of halogens is 3. The van der Waals surface area contributed by atoms with Gasteiger partial charge in [-0.3, -0.25) is 4.74 Å². The first-order valence-corrected chi connectivity index (χ1v) is 1.85. The van der Waals surface area contributed by atoms with Gasteiger partial charge in [0.15, 0.2) is 0 Å². The Balaban J connectivity index is 3.11. The summed E-state index contributed by atoms with van der Waals surface area (Å²) in [5.41, 5.74) is 0. The van der Waals surface area contributed by atoms with Crippen LogP contribution in [0.3, 0.4) is 0 Å². The molecule has 0 rings (SSSR count). The van der Waals surface area contributed by atoms with Crippen LogP contribution in [0.5, 0.6) is 0 Å². The Morgan fingerprint density at radius 3 is 2.00 bits per heavy atom. The number of alkyl halides is 3. The maximum atomic E-state index is 10.9. The molecule has 0 saturated carbocycles. The lowest BCUT2D eigenvalue weighted by atomic mass is 10.8. The largest absolute Gasteiger partial charge is 0.522 e. The highest BCUT2D eigenvalue weighted by Gasteiger charge is 2.28. The van der Waals surface area contributed by atoms with E-state index in [9.17, 15) is 18.3 Å². The van der Waals surface area contributed by atoms with Gasteiger partial charge in [-0.1, -0.05) is 0 Å². The van der Waals surface area contributed by atoms with Crippen molar-refractivity contribution in [2.45, 2.75) is 6.36 Å². The SMILES string of the molecule is [O]CCOC(F)(F)F. The molecule has 8 heavy (non-hydrogen) atoms. The molecule has 0 spiro atoms. The summed E-state index contributed by atoms with van der Waals surface area (Å²) in [6.07, 6.45) is -4.65. The Morgan fingerprint density at radius 1 is 1.38 bits per heavy atom. The van der Waals surface area contributed by atoms with Crippen LogP contribution in [0.1, 0.15) is 0 Å². The summed E-state index contributed by atoms with van der Waals surface area (Å²) in [6.45, 7) is -1.66. The van der Waals surface area contributed by atoms with Crippen LogP contribution in [0.4, 0.5) is 13.2 Å². The molecule has 0 aliphatic rings. The van der Waals surface area contributed by atoms with Crippen molar-refractivity contribution in [3.63, 3.8) is 0 Å². The van der Waals surface area contributed by atoms with Gasteiger partial charge in [0, 0.05) is 0 Å². The summed E-state index contributed by atoms with van der Waals surface area (Å²) >= 11 is 0. The summed E-state index contributed by atoms with van der Waals surface area (Å²) in [7, 11) is 0. The normalized spacial score (nSPS) is 12.0. The Hall–Kier alpha value is -0.290. The molecule has 0 aliphatic heterocycles. The van der Waals surface area contributed by atoms with Crippen molar-refractivity contribution in [2.75, 3.05) is 13.2 Å². The lowest BCUT2D eigenvalue weighted by Crippen LogP contribution is -2.15. The highest BCUT2D eigenvalue weighted by molar-refractivity contribution is 4.26. The van der Waals surface area contributed by atoms with Crippen LogP contribution < -0.4 is 0 Å². The fraction of sp³-hybridized carbons (Fsp3) is 1.00. The van der Waals surface area contributed by atoms with Gasteiger partial charge >= 0.3 is 6.36 Å². The number of hydrogen-bond acceptors (Lipinski definition) is 1. The standard InChI is InChI=1S/C3H4F3O2/c4-3(5,6)8-2-1-7/h1-2H2. The molecule has 2 nitrogen and oxygen atoms in total. The Labute approximate surface area is 43.9 Å². The van der Waals surface area contributed by atoms with Gasteiger partial charge < -0.3 is 0 Å². The molecule has 0 saturated heterocycles. The number of ether oxygens (including phenoxy) is 1. The smallest absolute Gasteiger partial charge is 0.289 e. The average Bonchev–Trinajstić information content (AvgIpc) is 1.59. The lowest BCUT2D eigenvalue weighted by Gasteiger charge is -2.02. The fourth-order valence-corrected chi connectivity index (χ4v) is 0.157. The van der Waals surface area contributed by atoms with E-state index in [1.165, 1.54) is 0 Å². The molecule has 0 amide bonds. The zero-order valence-electron chi connectivity index (χ0n) is 3.86. The van der Waals surface area contributed by atoms with Crippen LogP contribution in [0.15, 0.2) is 0 Å². The van der Waals surface area contributed by atoms with E-state index in [4.69, 9.17) is 0 Å². The predicted octanol–water partition coefficient (Wildman–Crippen LogP) is 0.953. The van der Waals surface area contributed by atoms with Crippen LogP contribution in [-0.2, 0) is 9.84 Å². The van der Waals surface area contributed by atoms with Crippen LogP contribution >= 0.6 is 0 Å². The van der Waals surface area contributed by atoms with Crippen molar-refractivity contribution in [1.82, 2.24) is 0 Å². The summed E-state index contributed by atoms with van der Waals surface area (Å²) in [5.74, 6) is 0. The van der Waals surface area contributed by atoms with E-state index in [2.05, 4.69) is 4.74 Å². The maximum absolute atomic E-state index is 10.9. The van der Waals surface area contributed by atoms with Gasteiger partial charge in [-0.05, 0) is 0 Å². The molecule has 0 N–H and O–H groups in total. The molecule has 0 aromatic rings. The van der Waals surface area contributed by atoms with E-state index in [0.717, 1.165) is 0 Å². The molecule has 0 heterocycles. The van der Waals surface area contributed by atoms with Gasteiger partial charge in [0.1, 0.15) is 6.61 Å². The second-order valence-electron chi connectivity index (χ2n) is 0.998. The molecule has 0 aromatic carbocycles. The second-order valence-corrected chi connectivity index (χ2v) is 0.998. The maximum Gasteiger partial charge on any atom is 0.522 e. The molecule has 0 aliphatic carbocycles. The van der Waals surface area contributed by atoms with Gasteiger partial charge in [-0.25, -0.2) is 5.11 Å². The number of rotatable bonds is 2. The third kappa shape index (κ3) is 5.71. The molecule has 0 atom stereocenters. The van der Waals surface area contributed by atoms with E-state index in [0.29, 0.717) is 0 Å². The quantitative estimate of drug-likeness (QED) is 0.545. The molecular weight excluding hydrogens is 125 g/mol. The second kappa shape index (κ2) is 2.88. The molecule has 0 bridgehead atoms. The van der Waals surface area contributed by atoms with E-state index in [1.807, 2.05) is 0 Å². The van der Waals surface area contributed by atoms with E-state index in [-0.39, 0.29) is 0 Å². The van der Waals surface area contributed by atoms with Crippen LogP contribution in [0.2, 0.25) is 0 Å². The van der Waals surface area contributed by atoms with Gasteiger partial charge in [0.2, 0.25) is 0 Å². The molecule has 0 unspecified atom stereocenters. The van der Waals surface area contributed by atoms with Crippen LogP contribution in [0, 0.1) is 0 Å². The van der Waals surface area contributed by atoms with Crippen LogP contribution in [-0.4, -0.2) is 19.6 Å². The van der Waals surface area contributed by atoms with Gasteiger partial charge in [0.05, 0.1) is 6.61 Å². The molecule has 0 fully saturated rings. The summed E-state index contributed by atoms with van der Waals surface area (Å²) < 4.78 is 35.7. The molecule has 5 heteroatoms. The highest BCUT2D eigenvalue weighted by atomic mass is 19.4. The van der Waals surface area contributed by atoms with Crippen LogP contribution in [0.25, 0.3) is 0 Å². The molecule has 0 aromatic heterocycles. The third-order valence-electron chi connectivity index (χ3n) is 0.349. The first-order chi connectivity index (χ1) is 3.56. The summed E-state index contributed by atoms with van der Waals surface area (Å²) in [5, 5.41) is 9.35. The molecule has 1 radical (unpaired) electrons. The Morgan fingerprint density at radius 2 is 1.88 bits per heavy atom. The van der Waals surface area contributed by atoms with Crippen molar-refractivity contribution < 1.29 is 23.0 Å². The van der Waals surface area contributed by atoms with Gasteiger partial charge in [-0.15, -0.1) is 13.2 Å². The monoisotopic (exact) mass is 129 g/mol. The minimum atomic E-state index is -4.65. The van der Waals surface area contributed by atoms with Gasteiger partial charge in [0.25, 0.3) is 0 Å². The fourth-order valence-electron chi connectivity index (χ4n) is 0.157. The molecular formula is C3H4F3O2. The van der Waals surface area contributed by atoms with Crippen molar-refractivity contribution in [1.29, 1.82) is 0 Å². The van der Waals surface area contributed by atoms with Crippen molar-refractivity contribution >= 4 is 0 Å². The zero-order chi connectivity index (χ0) is 6.62. The summed E-state index contributed by atoms with van der Waals surface area (Å²) in [6, 6.07) is 0. The van der Waals surface area contributed by atoms with Crippen molar-refractivity contribution in [3.8, 4) is 0 Å². The third-order valence-corrected chi connectivity index (χ3v) is 0.349. The average molecular weight is 129 g/mol. The number of hydrogen-bond donors (Lipinski definition) is 0. The first-order valence-electron chi connectivity index (χ1n) is 1.85. The zero-order valence-corrected chi connectivity index (χ0v) is 3.86. The predicted molar refractivity (Wildman–Crippen MR) is 17.6 cm³/mol. The minimum Gasteiger partial charge on any atom is -0.289 e. The molecule has 49 valence electrons. The minimum absolute atomic E-state index is 0.802. The van der Waals surface area contributed by atoms with Crippen molar-refractivity contribution in [3.05, 3.63) is 0 Å². The Bertz CT molecular complexity index is 60.0. The van der Waals surface area contributed by atoms with Gasteiger partial charge in [-0.2, -0.15) is 0 Å². The topological polar surface area (TPSA) is 29.1 Å². The first kappa shape index (κ1) is 7.71. The summed E-state index contributed by atoms with van der Waals surface area (Å²) in [4.78, 5) is 0. The van der Waals surface area contributed by atoms with E-state index in [1.54, 1.807) is 0 Å². The van der Waals surface area contributed by atoms with E-state index >= 15 is 0 Å². The van der Waals surface area contributed by atoms with Crippen molar-refractivity contribution in [2.24, 2.45) is 0 Å². The Kier molecular flexibility index (Phi) is 2.78. The highest BCUT2D eigenvalue weighted by Crippen LogP contribution is 2.14. The lowest BCUT2D eigenvalue weighted by molar-refractivity contribution is -0.327.